The molecule has 3 amide bonds. The van der Waals surface area contributed by atoms with Crippen molar-refractivity contribution in [2.24, 2.45) is 22.9 Å². The van der Waals surface area contributed by atoms with Crippen molar-refractivity contribution in [3.63, 3.8) is 0 Å². The molecular formula is C31H48N4O7. The van der Waals surface area contributed by atoms with Gasteiger partial charge >= 0.3 is 5.97 Å². The largest absolute Gasteiger partial charge is 0.459 e. The maximum atomic E-state index is 13.7. The smallest absolute Gasteiger partial charge is 0.329 e. The summed E-state index contributed by atoms with van der Waals surface area (Å²) < 4.78 is 5.51. The highest BCUT2D eigenvalue weighted by Crippen LogP contribution is 2.22. The van der Waals surface area contributed by atoms with E-state index in [0.717, 1.165) is 5.56 Å². The SMILES string of the molecule is CC[C@H](C)[C@@H](N=O)[C@@H](O)CC(=O)N[C@H](C(=O)N[C@@H](CC(C)C)C(=O)N1CCC[C@H]1C(=O)OCc1ccccc1)C(C)C. The van der Waals surface area contributed by atoms with Gasteiger partial charge in [-0.05, 0) is 42.6 Å². The maximum Gasteiger partial charge on any atom is 0.329 e. The summed E-state index contributed by atoms with van der Waals surface area (Å²) in [6, 6.07) is 5.73. The third-order valence-electron chi connectivity index (χ3n) is 7.76. The van der Waals surface area contributed by atoms with Crippen LogP contribution in [0.15, 0.2) is 35.5 Å². The fraction of sp³-hybridized carbons (Fsp3) is 0.677. The summed E-state index contributed by atoms with van der Waals surface area (Å²) in [6.45, 7) is 11.5. The third kappa shape index (κ3) is 10.2. The molecule has 1 aromatic rings. The zero-order valence-electron chi connectivity index (χ0n) is 25.7. The summed E-state index contributed by atoms with van der Waals surface area (Å²) in [5.41, 5.74) is 0.846. The normalized spacial score (nSPS) is 18.6. The standard InChI is InChI=1S/C31H48N4O7/c1-7-21(6)28(34-41)25(36)17-26(37)33-27(20(4)5)29(38)32-23(16-19(2)3)30(39)35-15-11-14-24(35)31(40)42-18-22-12-9-8-10-13-22/h8-10,12-13,19-21,23-25,27-28,36H,7,11,14-18H2,1-6H3,(H,32,38)(H,33,37)/t21-,23-,24-,25-,27-,28+/m0/s1. The molecule has 11 nitrogen and oxygen atoms in total. The van der Waals surface area contributed by atoms with Crippen molar-refractivity contribution >= 4 is 23.7 Å². The molecule has 2 rings (SSSR count). The molecule has 0 aliphatic carbocycles. The van der Waals surface area contributed by atoms with Crippen LogP contribution in [0.1, 0.15) is 79.2 Å². The molecule has 0 spiro atoms. The maximum absolute atomic E-state index is 13.7. The fourth-order valence-corrected chi connectivity index (χ4v) is 5.13. The summed E-state index contributed by atoms with van der Waals surface area (Å²) in [6.07, 6.45) is 0.400. The van der Waals surface area contributed by atoms with Gasteiger partial charge in [0.25, 0.3) is 0 Å². The van der Waals surface area contributed by atoms with Crippen molar-refractivity contribution in [3.8, 4) is 0 Å². The Balaban J connectivity index is 2.09. The topological polar surface area (TPSA) is 154 Å². The van der Waals surface area contributed by atoms with Crippen molar-refractivity contribution in [1.29, 1.82) is 0 Å². The first-order chi connectivity index (χ1) is 19.9. The average molecular weight is 589 g/mol. The zero-order valence-corrected chi connectivity index (χ0v) is 25.7. The van der Waals surface area contributed by atoms with Crippen molar-refractivity contribution in [3.05, 3.63) is 40.8 Å². The second-order valence-electron chi connectivity index (χ2n) is 12.0. The van der Waals surface area contributed by atoms with E-state index < -0.39 is 48.1 Å². The number of likely N-dealkylation sites (tertiary alicyclic amines) is 1. The molecule has 1 aliphatic heterocycles. The molecule has 1 aromatic carbocycles. The van der Waals surface area contributed by atoms with Crippen molar-refractivity contribution in [1.82, 2.24) is 15.5 Å². The number of nitrogens with zero attached hydrogens (tertiary/aromatic N) is 2. The Morgan fingerprint density at radius 3 is 2.31 bits per heavy atom. The number of esters is 1. The number of ether oxygens (including phenoxy) is 1. The summed E-state index contributed by atoms with van der Waals surface area (Å²) in [5, 5.41) is 18.9. The first-order valence-corrected chi connectivity index (χ1v) is 15.0. The zero-order chi connectivity index (χ0) is 31.4. The minimum absolute atomic E-state index is 0.0564. The quantitative estimate of drug-likeness (QED) is 0.198. The Morgan fingerprint density at radius 1 is 1.07 bits per heavy atom. The Hall–Kier alpha value is -3.34. The van der Waals surface area contributed by atoms with Gasteiger partial charge in [-0.2, -0.15) is 4.91 Å². The number of carbonyl (C=O) groups excluding carboxylic acids is 4. The van der Waals surface area contributed by atoms with Crippen LogP contribution < -0.4 is 10.6 Å². The van der Waals surface area contributed by atoms with E-state index in [9.17, 15) is 29.2 Å². The molecule has 3 N–H and O–H groups in total. The second-order valence-corrected chi connectivity index (χ2v) is 12.0. The van der Waals surface area contributed by atoms with Crippen LogP contribution in [0.3, 0.4) is 0 Å². The van der Waals surface area contributed by atoms with E-state index in [1.165, 1.54) is 4.90 Å². The number of carbonyl (C=O) groups is 4. The van der Waals surface area contributed by atoms with Crippen molar-refractivity contribution in [2.45, 2.75) is 111 Å². The first-order valence-electron chi connectivity index (χ1n) is 15.0. The molecule has 1 aliphatic rings. The fourth-order valence-electron chi connectivity index (χ4n) is 5.13. The molecule has 0 unspecified atom stereocenters. The van der Waals surface area contributed by atoms with Crippen LogP contribution >= 0.6 is 0 Å². The number of hydrogen-bond donors (Lipinski definition) is 3. The predicted octanol–water partition coefficient (Wildman–Crippen LogP) is 3.32. The van der Waals surface area contributed by atoms with Gasteiger partial charge in [0, 0.05) is 6.54 Å². The second kappa shape index (κ2) is 16.9. The van der Waals surface area contributed by atoms with E-state index in [1.54, 1.807) is 20.8 Å². The van der Waals surface area contributed by atoms with Crippen molar-refractivity contribution in [2.75, 3.05) is 6.54 Å². The molecule has 0 aromatic heterocycles. The number of rotatable bonds is 16. The molecule has 1 fully saturated rings. The van der Waals surface area contributed by atoms with Gasteiger partial charge in [-0.25, -0.2) is 4.79 Å². The van der Waals surface area contributed by atoms with E-state index in [4.69, 9.17) is 4.74 Å². The predicted molar refractivity (Wildman–Crippen MR) is 159 cm³/mol. The van der Waals surface area contributed by atoms with Gasteiger partial charge in [0.1, 0.15) is 30.8 Å². The minimum Gasteiger partial charge on any atom is -0.459 e. The van der Waals surface area contributed by atoms with Crippen LogP contribution in [0, 0.1) is 22.7 Å². The number of nitroso groups, excluding NO2 is 1. The Bertz CT molecular complexity index is 1050. The van der Waals surface area contributed by atoms with Crippen LogP contribution in [0.4, 0.5) is 0 Å². The highest BCUT2D eigenvalue weighted by molar-refractivity contribution is 5.94. The Morgan fingerprint density at radius 2 is 1.74 bits per heavy atom. The lowest BCUT2D eigenvalue weighted by molar-refractivity contribution is -0.155. The lowest BCUT2D eigenvalue weighted by atomic mass is 9.93. The lowest BCUT2D eigenvalue weighted by Gasteiger charge is -2.31. The van der Waals surface area contributed by atoms with Gasteiger partial charge in [-0.1, -0.05) is 83.5 Å². The molecule has 6 atom stereocenters. The summed E-state index contributed by atoms with van der Waals surface area (Å²) in [4.78, 5) is 65.6. The molecule has 0 saturated carbocycles. The molecule has 11 heteroatoms. The van der Waals surface area contributed by atoms with E-state index >= 15 is 0 Å². The van der Waals surface area contributed by atoms with Crippen LogP contribution in [0.25, 0.3) is 0 Å². The summed E-state index contributed by atoms with van der Waals surface area (Å²) in [5.74, 6) is -2.46. The molecular weight excluding hydrogens is 540 g/mol. The number of aliphatic hydroxyl groups excluding tert-OH is 1. The number of benzene rings is 1. The van der Waals surface area contributed by atoms with Gasteiger partial charge < -0.3 is 25.4 Å². The molecule has 234 valence electrons. The van der Waals surface area contributed by atoms with E-state index in [1.807, 2.05) is 51.1 Å². The van der Waals surface area contributed by atoms with Gasteiger partial charge in [-0.15, -0.1) is 0 Å². The average Bonchev–Trinajstić information content (AvgIpc) is 3.44. The van der Waals surface area contributed by atoms with Crippen LogP contribution in [-0.2, 0) is 30.5 Å². The van der Waals surface area contributed by atoms with E-state index in [-0.39, 0.29) is 36.7 Å². The van der Waals surface area contributed by atoms with Crippen LogP contribution in [0.2, 0.25) is 0 Å². The van der Waals surface area contributed by atoms with Gasteiger partial charge in [0.05, 0.1) is 12.5 Å². The van der Waals surface area contributed by atoms with E-state index in [2.05, 4.69) is 15.8 Å². The molecule has 1 saturated heterocycles. The highest BCUT2D eigenvalue weighted by atomic mass is 16.5. The highest BCUT2D eigenvalue weighted by Gasteiger charge is 2.40. The molecule has 0 radical (unpaired) electrons. The van der Waals surface area contributed by atoms with Crippen molar-refractivity contribution < 1.29 is 29.0 Å². The monoisotopic (exact) mass is 588 g/mol. The third-order valence-corrected chi connectivity index (χ3v) is 7.76. The summed E-state index contributed by atoms with van der Waals surface area (Å²) in [7, 11) is 0. The number of nitrogens with one attached hydrogen (secondary N) is 2. The number of amides is 3. The molecule has 0 bridgehead atoms. The van der Waals surface area contributed by atoms with Gasteiger partial charge in [0.2, 0.25) is 17.7 Å². The lowest BCUT2D eigenvalue weighted by Crippen LogP contribution is -2.57. The van der Waals surface area contributed by atoms with Crippen LogP contribution in [-0.4, -0.2) is 70.5 Å². The molecule has 42 heavy (non-hydrogen) atoms. The Labute approximate surface area is 249 Å². The van der Waals surface area contributed by atoms with Gasteiger partial charge in [-0.3, -0.25) is 14.4 Å². The summed E-state index contributed by atoms with van der Waals surface area (Å²) >= 11 is 0. The Kier molecular flexibility index (Phi) is 14.1. The minimum atomic E-state index is -1.28. The van der Waals surface area contributed by atoms with Crippen LogP contribution in [0.5, 0.6) is 0 Å². The number of aliphatic hydroxyl groups is 1. The first kappa shape index (κ1) is 34.9. The number of hydrogen-bond acceptors (Lipinski definition) is 8. The molecule has 1 heterocycles. The van der Waals surface area contributed by atoms with E-state index in [0.29, 0.717) is 32.2 Å². The van der Waals surface area contributed by atoms with Gasteiger partial charge in [0.15, 0.2) is 0 Å².